The van der Waals surface area contributed by atoms with Crippen molar-refractivity contribution in [2.45, 2.75) is 42.9 Å². The Bertz CT molecular complexity index is 378. The van der Waals surface area contributed by atoms with Crippen LogP contribution in [0.15, 0.2) is 29.2 Å². The molecule has 100 valence electrons. The van der Waals surface area contributed by atoms with Crippen LogP contribution in [0, 0.1) is 0 Å². The van der Waals surface area contributed by atoms with E-state index in [1.807, 2.05) is 38.2 Å². The molecule has 0 radical (unpaired) electrons. The van der Waals surface area contributed by atoms with Gasteiger partial charge in [-0.25, -0.2) is 0 Å². The summed E-state index contributed by atoms with van der Waals surface area (Å²) in [5.74, 6) is -0.727. The summed E-state index contributed by atoms with van der Waals surface area (Å²) < 4.78 is 0. The molecule has 18 heavy (non-hydrogen) atoms. The molecule has 1 rings (SSSR count). The summed E-state index contributed by atoms with van der Waals surface area (Å²) in [4.78, 5) is 12.1. The molecule has 2 unspecified atom stereocenters. The normalized spacial score (nSPS) is 14.2. The van der Waals surface area contributed by atoms with Crippen molar-refractivity contribution in [3.05, 3.63) is 29.8 Å². The number of hydrogen-bond acceptors (Lipinski definition) is 3. The van der Waals surface area contributed by atoms with Crippen molar-refractivity contribution < 1.29 is 9.90 Å². The Morgan fingerprint density at radius 3 is 2.44 bits per heavy atom. The van der Waals surface area contributed by atoms with Gasteiger partial charge in [-0.3, -0.25) is 4.79 Å². The van der Waals surface area contributed by atoms with Crippen LogP contribution in [0.25, 0.3) is 0 Å². The van der Waals surface area contributed by atoms with Crippen LogP contribution in [-0.2, 0) is 4.79 Å². The summed E-state index contributed by atoms with van der Waals surface area (Å²) in [6.07, 6.45) is 1.59. The summed E-state index contributed by atoms with van der Waals surface area (Å²) in [6, 6.07) is 8.41. The largest absolute Gasteiger partial charge is 0.480 e. The molecule has 0 aromatic heterocycles. The summed E-state index contributed by atoms with van der Waals surface area (Å²) >= 11 is 1.43. The van der Waals surface area contributed by atoms with Gasteiger partial charge in [0.1, 0.15) is 5.25 Å². The Morgan fingerprint density at radius 2 is 2.00 bits per heavy atom. The highest BCUT2D eigenvalue weighted by atomic mass is 32.2. The highest BCUT2D eigenvalue weighted by Gasteiger charge is 2.17. The Kier molecular flexibility index (Phi) is 6.22. The average Bonchev–Trinajstić information content (AvgIpc) is 2.38. The van der Waals surface area contributed by atoms with Gasteiger partial charge < -0.3 is 10.4 Å². The van der Waals surface area contributed by atoms with Gasteiger partial charge in [-0.05, 0) is 38.1 Å². The molecule has 0 heterocycles. The fourth-order valence-electron chi connectivity index (χ4n) is 1.66. The predicted molar refractivity (Wildman–Crippen MR) is 76.1 cm³/mol. The van der Waals surface area contributed by atoms with Crippen LogP contribution in [0.5, 0.6) is 0 Å². The van der Waals surface area contributed by atoms with Gasteiger partial charge >= 0.3 is 5.97 Å². The summed E-state index contributed by atoms with van der Waals surface area (Å²) in [5.41, 5.74) is 1.21. The zero-order valence-electron chi connectivity index (χ0n) is 11.1. The molecular formula is C14H21NO2S. The Morgan fingerprint density at radius 1 is 1.39 bits per heavy atom. The molecular weight excluding hydrogens is 246 g/mol. The zero-order chi connectivity index (χ0) is 13.5. The predicted octanol–water partition coefficient (Wildman–Crippen LogP) is 3.31. The fourth-order valence-corrected chi connectivity index (χ4v) is 2.74. The molecule has 1 aromatic carbocycles. The fraction of sp³-hybridized carbons (Fsp3) is 0.500. The molecule has 0 saturated heterocycles. The Labute approximate surface area is 113 Å². The highest BCUT2D eigenvalue weighted by molar-refractivity contribution is 8.00. The standard InChI is InChI=1S/C14H21NO2S/c1-4-5-13(14(16)17)18-12-8-6-11(7-9-12)10(2)15-3/h6-10,13,15H,4-5H2,1-3H3,(H,16,17). The van der Waals surface area contributed by atoms with E-state index in [-0.39, 0.29) is 5.25 Å². The first-order valence-corrected chi connectivity index (χ1v) is 7.13. The van der Waals surface area contributed by atoms with Crippen molar-refractivity contribution in [3.8, 4) is 0 Å². The lowest BCUT2D eigenvalue weighted by atomic mass is 10.1. The first kappa shape index (κ1) is 15.1. The molecule has 0 amide bonds. The Hall–Kier alpha value is -1.00. The van der Waals surface area contributed by atoms with E-state index < -0.39 is 5.97 Å². The molecule has 0 aliphatic rings. The van der Waals surface area contributed by atoms with Crippen LogP contribution >= 0.6 is 11.8 Å². The van der Waals surface area contributed by atoms with E-state index in [0.29, 0.717) is 12.5 Å². The number of carbonyl (C=O) groups is 1. The quantitative estimate of drug-likeness (QED) is 0.744. The lowest BCUT2D eigenvalue weighted by Crippen LogP contribution is -2.15. The third kappa shape index (κ3) is 4.35. The number of thioether (sulfide) groups is 1. The second-order valence-corrected chi connectivity index (χ2v) is 5.59. The van der Waals surface area contributed by atoms with Gasteiger partial charge in [-0.2, -0.15) is 0 Å². The van der Waals surface area contributed by atoms with Gasteiger partial charge in [-0.1, -0.05) is 25.5 Å². The second kappa shape index (κ2) is 7.44. The minimum absolute atomic E-state index is 0.315. The minimum atomic E-state index is -0.727. The van der Waals surface area contributed by atoms with Crippen LogP contribution in [0.4, 0.5) is 0 Å². The maximum absolute atomic E-state index is 11.1. The lowest BCUT2D eigenvalue weighted by molar-refractivity contribution is -0.136. The van der Waals surface area contributed by atoms with Gasteiger partial charge in [0, 0.05) is 10.9 Å². The van der Waals surface area contributed by atoms with Gasteiger partial charge in [0.2, 0.25) is 0 Å². The molecule has 3 nitrogen and oxygen atoms in total. The number of rotatable bonds is 7. The number of carboxylic acid groups (broad SMARTS) is 1. The molecule has 0 saturated carbocycles. The van der Waals surface area contributed by atoms with Crippen LogP contribution in [-0.4, -0.2) is 23.4 Å². The monoisotopic (exact) mass is 267 g/mol. The van der Waals surface area contributed by atoms with Gasteiger partial charge in [0.15, 0.2) is 0 Å². The number of hydrogen-bond donors (Lipinski definition) is 2. The van der Waals surface area contributed by atoms with Crippen LogP contribution in [0.1, 0.15) is 38.3 Å². The van der Waals surface area contributed by atoms with E-state index in [1.165, 1.54) is 17.3 Å². The summed E-state index contributed by atoms with van der Waals surface area (Å²) in [6.45, 7) is 4.10. The molecule has 2 atom stereocenters. The maximum atomic E-state index is 11.1. The SMILES string of the molecule is CCCC(Sc1ccc(C(C)NC)cc1)C(=O)O. The third-order valence-corrected chi connectivity index (χ3v) is 4.18. The number of nitrogens with one attached hydrogen (secondary N) is 1. The van der Waals surface area contributed by atoms with E-state index >= 15 is 0 Å². The van der Waals surface area contributed by atoms with Crippen molar-refractivity contribution >= 4 is 17.7 Å². The second-order valence-electron chi connectivity index (χ2n) is 4.31. The van der Waals surface area contributed by atoms with E-state index in [2.05, 4.69) is 12.2 Å². The molecule has 0 aliphatic carbocycles. The average molecular weight is 267 g/mol. The van der Waals surface area contributed by atoms with Crippen LogP contribution < -0.4 is 5.32 Å². The summed E-state index contributed by atoms with van der Waals surface area (Å²) in [5, 5.41) is 11.9. The molecule has 0 bridgehead atoms. The van der Waals surface area contributed by atoms with Gasteiger partial charge in [-0.15, -0.1) is 11.8 Å². The van der Waals surface area contributed by atoms with Crippen molar-refractivity contribution in [3.63, 3.8) is 0 Å². The minimum Gasteiger partial charge on any atom is -0.480 e. The third-order valence-electron chi connectivity index (χ3n) is 2.92. The molecule has 0 spiro atoms. The maximum Gasteiger partial charge on any atom is 0.316 e. The molecule has 0 aliphatic heterocycles. The van der Waals surface area contributed by atoms with Crippen molar-refractivity contribution in [1.29, 1.82) is 0 Å². The van der Waals surface area contributed by atoms with Crippen LogP contribution in [0.2, 0.25) is 0 Å². The van der Waals surface area contributed by atoms with E-state index in [9.17, 15) is 4.79 Å². The molecule has 0 fully saturated rings. The topological polar surface area (TPSA) is 49.3 Å². The lowest BCUT2D eigenvalue weighted by Gasteiger charge is -2.13. The van der Waals surface area contributed by atoms with Gasteiger partial charge in [0.05, 0.1) is 0 Å². The number of benzene rings is 1. The van der Waals surface area contributed by atoms with E-state index in [1.54, 1.807) is 0 Å². The van der Waals surface area contributed by atoms with Gasteiger partial charge in [0.25, 0.3) is 0 Å². The molecule has 4 heteroatoms. The molecule has 1 aromatic rings. The Balaban J connectivity index is 2.70. The van der Waals surface area contributed by atoms with Crippen LogP contribution in [0.3, 0.4) is 0 Å². The van der Waals surface area contributed by atoms with Crippen molar-refractivity contribution in [2.75, 3.05) is 7.05 Å². The number of aliphatic carboxylic acids is 1. The first-order chi connectivity index (χ1) is 8.58. The van der Waals surface area contributed by atoms with E-state index in [0.717, 1.165) is 11.3 Å². The first-order valence-electron chi connectivity index (χ1n) is 6.25. The summed E-state index contributed by atoms with van der Waals surface area (Å²) in [7, 11) is 1.93. The highest BCUT2D eigenvalue weighted by Crippen LogP contribution is 2.27. The molecule has 2 N–H and O–H groups in total. The van der Waals surface area contributed by atoms with Crippen molar-refractivity contribution in [1.82, 2.24) is 5.32 Å². The van der Waals surface area contributed by atoms with E-state index in [4.69, 9.17) is 5.11 Å². The smallest absolute Gasteiger partial charge is 0.316 e. The van der Waals surface area contributed by atoms with Crippen molar-refractivity contribution in [2.24, 2.45) is 0 Å². The number of carboxylic acids is 1. The zero-order valence-corrected chi connectivity index (χ0v) is 12.0.